The normalized spacial score (nSPS) is 18.1. The van der Waals surface area contributed by atoms with Crippen LogP contribution in [0.5, 0.6) is 5.75 Å². The first-order valence-corrected chi connectivity index (χ1v) is 6.93. The maximum Gasteiger partial charge on any atom is 0.220 e. The lowest BCUT2D eigenvalue weighted by Gasteiger charge is -2.19. The highest BCUT2D eigenvalue weighted by molar-refractivity contribution is 5.76. The number of nitrogens with two attached hydrogens (primary N) is 1. The maximum absolute atomic E-state index is 11.9. The van der Waals surface area contributed by atoms with Crippen molar-refractivity contribution in [3.8, 4) is 5.75 Å². The minimum absolute atomic E-state index is 0.0580. The van der Waals surface area contributed by atoms with Gasteiger partial charge >= 0.3 is 0 Å². The lowest BCUT2D eigenvalue weighted by atomic mass is 10.00. The third-order valence-corrected chi connectivity index (χ3v) is 3.38. The summed E-state index contributed by atoms with van der Waals surface area (Å²) in [6.07, 6.45) is 3.10. The van der Waals surface area contributed by atoms with Crippen molar-refractivity contribution >= 4 is 5.91 Å². The zero-order chi connectivity index (χ0) is 13.7. The van der Waals surface area contributed by atoms with Crippen molar-refractivity contribution in [1.29, 1.82) is 0 Å². The molecule has 0 aliphatic carbocycles. The van der Waals surface area contributed by atoms with E-state index in [0.717, 1.165) is 30.6 Å². The predicted octanol–water partition coefficient (Wildman–Crippen LogP) is 2.06. The Kier molecular flexibility index (Phi) is 4.80. The number of nitrogens with one attached hydrogen (secondary N) is 1. The van der Waals surface area contributed by atoms with Crippen LogP contribution in [0.4, 0.5) is 0 Å². The van der Waals surface area contributed by atoms with Crippen molar-refractivity contribution in [2.45, 2.75) is 38.6 Å². The van der Waals surface area contributed by atoms with Crippen LogP contribution in [0, 0.1) is 6.92 Å². The van der Waals surface area contributed by atoms with Crippen molar-refractivity contribution in [2.75, 3.05) is 13.2 Å². The van der Waals surface area contributed by atoms with Crippen LogP contribution in [0.2, 0.25) is 0 Å². The summed E-state index contributed by atoms with van der Waals surface area (Å²) in [5.41, 5.74) is 7.71. The molecule has 0 saturated heterocycles. The Labute approximate surface area is 114 Å². The number of benzene rings is 1. The Balaban J connectivity index is 2.12. The molecule has 2 rings (SSSR count). The number of carbonyl (C=O) groups is 1. The molecule has 1 amide bonds. The number of fused-ring (bicyclic) bond motifs is 1. The SMILES string of the molecule is Cc1ccc2c(c1)C(NC(=O)CCCN)CCCO2. The van der Waals surface area contributed by atoms with Crippen LogP contribution in [0.15, 0.2) is 18.2 Å². The summed E-state index contributed by atoms with van der Waals surface area (Å²) < 4.78 is 5.73. The van der Waals surface area contributed by atoms with Crippen LogP contribution in [0.25, 0.3) is 0 Å². The minimum Gasteiger partial charge on any atom is -0.493 e. The summed E-state index contributed by atoms with van der Waals surface area (Å²) in [6.45, 7) is 3.32. The summed E-state index contributed by atoms with van der Waals surface area (Å²) in [5, 5.41) is 3.10. The van der Waals surface area contributed by atoms with E-state index in [0.29, 0.717) is 19.6 Å². The highest BCUT2D eigenvalue weighted by Crippen LogP contribution is 2.32. The van der Waals surface area contributed by atoms with Gasteiger partial charge in [-0.25, -0.2) is 0 Å². The average molecular weight is 262 g/mol. The van der Waals surface area contributed by atoms with Crippen LogP contribution in [-0.4, -0.2) is 19.1 Å². The fourth-order valence-electron chi connectivity index (χ4n) is 2.38. The zero-order valence-electron chi connectivity index (χ0n) is 11.4. The first-order valence-electron chi connectivity index (χ1n) is 6.93. The predicted molar refractivity (Wildman–Crippen MR) is 75.1 cm³/mol. The quantitative estimate of drug-likeness (QED) is 0.873. The Hall–Kier alpha value is -1.55. The van der Waals surface area contributed by atoms with Crippen molar-refractivity contribution in [1.82, 2.24) is 5.32 Å². The van der Waals surface area contributed by atoms with Gasteiger partial charge in [0.05, 0.1) is 12.6 Å². The fraction of sp³-hybridized carbons (Fsp3) is 0.533. The molecule has 0 saturated carbocycles. The number of ether oxygens (including phenoxy) is 1. The molecule has 3 N–H and O–H groups in total. The molecule has 0 spiro atoms. The molecule has 1 aromatic carbocycles. The largest absolute Gasteiger partial charge is 0.493 e. The number of rotatable bonds is 4. The van der Waals surface area contributed by atoms with E-state index < -0.39 is 0 Å². The molecule has 1 atom stereocenters. The summed E-state index contributed by atoms with van der Waals surface area (Å²) in [7, 11) is 0. The van der Waals surface area contributed by atoms with Gasteiger partial charge in [0.2, 0.25) is 5.91 Å². The minimum atomic E-state index is 0.0580. The molecule has 1 unspecified atom stereocenters. The van der Waals surface area contributed by atoms with E-state index in [1.54, 1.807) is 0 Å². The van der Waals surface area contributed by atoms with E-state index in [-0.39, 0.29) is 11.9 Å². The van der Waals surface area contributed by atoms with Crippen LogP contribution in [0.1, 0.15) is 42.9 Å². The first-order chi connectivity index (χ1) is 9.20. The number of hydrogen-bond donors (Lipinski definition) is 2. The van der Waals surface area contributed by atoms with Gasteiger partial charge in [0, 0.05) is 12.0 Å². The summed E-state index contributed by atoms with van der Waals surface area (Å²) >= 11 is 0. The van der Waals surface area contributed by atoms with Gasteiger partial charge in [0.1, 0.15) is 5.75 Å². The van der Waals surface area contributed by atoms with E-state index in [9.17, 15) is 4.79 Å². The topological polar surface area (TPSA) is 64.4 Å². The lowest BCUT2D eigenvalue weighted by Crippen LogP contribution is -2.28. The highest BCUT2D eigenvalue weighted by atomic mass is 16.5. The van der Waals surface area contributed by atoms with E-state index in [4.69, 9.17) is 10.5 Å². The van der Waals surface area contributed by atoms with Crippen LogP contribution >= 0.6 is 0 Å². The second-order valence-electron chi connectivity index (χ2n) is 5.04. The standard InChI is InChI=1S/C15H22N2O2/c1-11-6-7-14-12(10-11)13(4-3-9-19-14)17-15(18)5-2-8-16/h6-7,10,13H,2-5,8-9,16H2,1H3,(H,17,18). The molecule has 0 fully saturated rings. The summed E-state index contributed by atoms with van der Waals surface area (Å²) in [5.74, 6) is 0.969. The first kappa shape index (κ1) is 13.9. The number of hydrogen-bond acceptors (Lipinski definition) is 3. The second-order valence-corrected chi connectivity index (χ2v) is 5.04. The van der Waals surface area contributed by atoms with E-state index in [1.165, 1.54) is 5.56 Å². The molecule has 4 heteroatoms. The van der Waals surface area contributed by atoms with E-state index in [1.807, 2.05) is 12.1 Å². The van der Waals surface area contributed by atoms with Crippen LogP contribution < -0.4 is 15.8 Å². The fourth-order valence-corrected chi connectivity index (χ4v) is 2.38. The van der Waals surface area contributed by atoms with Gasteiger partial charge in [0.25, 0.3) is 0 Å². The third kappa shape index (κ3) is 3.70. The van der Waals surface area contributed by atoms with Crippen LogP contribution in [0.3, 0.4) is 0 Å². The van der Waals surface area contributed by atoms with Gasteiger partial charge in [0.15, 0.2) is 0 Å². The van der Waals surface area contributed by atoms with Crippen molar-refractivity contribution in [3.05, 3.63) is 29.3 Å². The molecule has 0 bridgehead atoms. The van der Waals surface area contributed by atoms with E-state index >= 15 is 0 Å². The second kappa shape index (κ2) is 6.57. The molecular weight excluding hydrogens is 240 g/mol. The number of amides is 1. The molecule has 1 aliphatic rings. The average Bonchev–Trinajstić information content (AvgIpc) is 2.59. The molecule has 19 heavy (non-hydrogen) atoms. The monoisotopic (exact) mass is 262 g/mol. The van der Waals surface area contributed by atoms with Gasteiger partial charge < -0.3 is 15.8 Å². The molecule has 104 valence electrons. The molecule has 0 aromatic heterocycles. The molecule has 0 radical (unpaired) electrons. The van der Waals surface area contributed by atoms with E-state index in [2.05, 4.69) is 18.3 Å². The molecule has 1 heterocycles. The Morgan fingerprint density at radius 1 is 1.53 bits per heavy atom. The van der Waals surface area contributed by atoms with Gasteiger partial charge in [-0.05, 0) is 38.8 Å². The van der Waals surface area contributed by atoms with Crippen molar-refractivity contribution in [3.63, 3.8) is 0 Å². The highest BCUT2D eigenvalue weighted by Gasteiger charge is 2.21. The smallest absolute Gasteiger partial charge is 0.220 e. The molecule has 4 nitrogen and oxygen atoms in total. The Morgan fingerprint density at radius 2 is 2.37 bits per heavy atom. The lowest BCUT2D eigenvalue weighted by molar-refractivity contribution is -0.121. The van der Waals surface area contributed by atoms with Gasteiger partial charge in [-0.3, -0.25) is 4.79 Å². The maximum atomic E-state index is 11.9. The molecule has 1 aromatic rings. The van der Waals surface area contributed by atoms with Gasteiger partial charge in [-0.15, -0.1) is 0 Å². The summed E-state index contributed by atoms with van der Waals surface area (Å²) in [6, 6.07) is 6.20. The Morgan fingerprint density at radius 3 is 3.16 bits per heavy atom. The van der Waals surface area contributed by atoms with Crippen molar-refractivity contribution in [2.24, 2.45) is 5.73 Å². The third-order valence-electron chi connectivity index (χ3n) is 3.38. The van der Waals surface area contributed by atoms with Crippen molar-refractivity contribution < 1.29 is 9.53 Å². The molecular formula is C15H22N2O2. The van der Waals surface area contributed by atoms with Gasteiger partial charge in [-0.1, -0.05) is 17.7 Å². The summed E-state index contributed by atoms with van der Waals surface area (Å²) in [4.78, 5) is 11.9. The number of aryl methyl sites for hydroxylation is 1. The van der Waals surface area contributed by atoms with Gasteiger partial charge in [-0.2, -0.15) is 0 Å². The zero-order valence-corrected chi connectivity index (χ0v) is 11.4. The number of carbonyl (C=O) groups excluding carboxylic acids is 1. The van der Waals surface area contributed by atoms with Crippen LogP contribution in [-0.2, 0) is 4.79 Å². The Bertz CT molecular complexity index is 446. The molecule has 1 aliphatic heterocycles.